The van der Waals surface area contributed by atoms with E-state index in [0.717, 1.165) is 43.9 Å². The normalized spacial score (nSPS) is 17.2. The van der Waals surface area contributed by atoms with Gasteiger partial charge in [0.05, 0.1) is 12.8 Å². The Balaban J connectivity index is 1.53. The third-order valence-corrected chi connectivity index (χ3v) is 4.70. The van der Waals surface area contributed by atoms with Gasteiger partial charge < -0.3 is 19.5 Å². The number of methoxy groups -OCH3 is 1. The molecule has 1 aliphatic heterocycles. The van der Waals surface area contributed by atoms with E-state index in [0.29, 0.717) is 30.4 Å². The lowest BCUT2D eigenvalue weighted by molar-refractivity contribution is -0.133. The average Bonchev–Trinajstić information content (AvgIpc) is 3.15. The number of amides is 1. The summed E-state index contributed by atoms with van der Waals surface area (Å²) in [6.07, 6.45) is 7.29. The lowest BCUT2D eigenvalue weighted by atomic mass is 9.93. The van der Waals surface area contributed by atoms with Gasteiger partial charge in [-0.15, -0.1) is 0 Å². The Kier molecular flexibility index (Phi) is 6.04. The number of ether oxygens (including phenoxy) is 1. The Labute approximate surface area is 152 Å². The van der Waals surface area contributed by atoms with Gasteiger partial charge in [0.25, 0.3) is 5.88 Å². The average molecular weight is 359 g/mol. The highest BCUT2D eigenvalue weighted by Crippen LogP contribution is 2.23. The van der Waals surface area contributed by atoms with E-state index in [1.807, 2.05) is 11.9 Å². The molecule has 0 bridgehead atoms. The molecule has 0 aliphatic carbocycles. The number of anilines is 1. The molecule has 8 nitrogen and oxygen atoms in total. The van der Waals surface area contributed by atoms with Crippen molar-refractivity contribution in [2.75, 3.05) is 32.6 Å². The molecule has 0 aromatic carbocycles. The van der Waals surface area contributed by atoms with Crippen molar-refractivity contribution in [3.63, 3.8) is 0 Å². The number of hydrogen-bond acceptors (Lipinski definition) is 7. The number of aryl methyl sites for hydroxylation is 1. The third kappa shape index (κ3) is 4.50. The summed E-state index contributed by atoms with van der Waals surface area (Å²) in [6.45, 7) is 1.58. The Hall–Kier alpha value is -2.64. The molecule has 3 heterocycles. The van der Waals surface area contributed by atoms with E-state index in [-0.39, 0.29) is 5.91 Å². The maximum absolute atomic E-state index is 12.6. The second kappa shape index (κ2) is 8.64. The lowest BCUT2D eigenvalue weighted by Gasteiger charge is -2.33. The first-order valence-electron chi connectivity index (χ1n) is 8.94. The summed E-state index contributed by atoms with van der Waals surface area (Å²) in [7, 11) is 3.39. The molecular weight excluding hydrogens is 334 g/mol. The first kappa shape index (κ1) is 18.2. The molecule has 1 N–H and O–H groups in total. The minimum absolute atomic E-state index is 0.151. The first-order chi connectivity index (χ1) is 12.7. The SMILES string of the molecule is CNc1nccnc1CC1CCCN(C(=O)CCc2cc(OC)no2)C1. The zero-order valence-electron chi connectivity index (χ0n) is 15.3. The molecule has 1 aliphatic rings. The van der Waals surface area contributed by atoms with Crippen molar-refractivity contribution in [3.8, 4) is 5.88 Å². The van der Waals surface area contributed by atoms with Crippen molar-refractivity contribution in [1.29, 1.82) is 0 Å². The van der Waals surface area contributed by atoms with Crippen LogP contribution in [0.4, 0.5) is 5.82 Å². The monoisotopic (exact) mass is 359 g/mol. The van der Waals surface area contributed by atoms with Crippen LogP contribution in [0.3, 0.4) is 0 Å². The van der Waals surface area contributed by atoms with Gasteiger partial charge in [-0.3, -0.25) is 9.78 Å². The van der Waals surface area contributed by atoms with Gasteiger partial charge >= 0.3 is 0 Å². The second-order valence-corrected chi connectivity index (χ2v) is 6.49. The molecule has 1 atom stereocenters. The van der Waals surface area contributed by atoms with Crippen LogP contribution in [0.5, 0.6) is 5.88 Å². The molecule has 3 rings (SSSR count). The molecule has 2 aromatic heterocycles. The van der Waals surface area contributed by atoms with Crippen LogP contribution in [0.2, 0.25) is 0 Å². The van der Waals surface area contributed by atoms with E-state index >= 15 is 0 Å². The summed E-state index contributed by atoms with van der Waals surface area (Å²) in [5.74, 6) is 2.48. The van der Waals surface area contributed by atoms with Crippen LogP contribution in [0.1, 0.15) is 30.7 Å². The van der Waals surface area contributed by atoms with E-state index in [4.69, 9.17) is 9.26 Å². The number of rotatable bonds is 7. The molecule has 26 heavy (non-hydrogen) atoms. The van der Waals surface area contributed by atoms with Crippen LogP contribution >= 0.6 is 0 Å². The topological polar surface area (TPSA) is 93.4 Å². The van der Waals surface area contributed by atoms with Crippen molar-refractivity contribution in [3.05, 3.63) is 29.9 Å². The van der Waals surface area contributed by atoms with Crippen molar-refractivity contribution in [1.82, 2.24) is 20.0 Å². The molecule has 1 saturated heterocycles. The van der Waals surface area contributed by atoms with Crippen LogP contribution < -0.4 is 10.1 Å². The number of piperidine rings is 1. The molecule has 140 valence electrons. The fourth-order valence-electron chi connectivity index (χ4n) is 3.35. The van der Waals surface area contributed by atoms with Gasteiger partial charge in [-0.2, -0.15) is 0 Å². The molecule has 1 amide bonds. The van der Waals surface area contributed by atoms with E-state index in [2.05, 4.69) is 20.4 Å². The fraction of sp³-hybridized carbons (Fsp3) is 0.556. The van der Waals surface area contributed by atoms with Crippen molar-refractivity contribution >= 4 is 11.7 Å². The van der Waals surface area contributed by atoms with E-state index in [1.54, 1.807) is 18.5 Å². The Morgan fingerprint density at radius 3 is 3.04 bits per heavy atom. The van der Waals surface area contributed by atoms with Crippen molar-refractivity contribution < 1.29 is 14.1 Å². The van der Waals surface area contributed by atoms with E-state index in [9.17, 15) is 4.79 Å². The number of nitrogens with zero attached hydrogens (tertiary/aromatic N) is 4. The van der Waals surface area contributed by atoms with E-state index < -0.39 is 0 Å². The summed E-state index contributed by atoms with van der Waals surface area (Å²) in [4.78, 5) is 23.3. The molecule has 0 saturated carbocycles. The quantitative estimate of drug-likeness (QED) is 0.807. The van der Waals surface area contributed by atoms with Crippen LogP contribution in [0.15, 0.2) is 23.0 Å². The molecule has 0 radical (unpaired) electrons. The third-order valence-electron chi connectivity index (χ3n) is 4.70. The molecule has 2 aromatic rings. The minimum Gasteiger partial charge on any atom is -0.479 e. The summed E-state index contributed by atoms with van der Waals surface area (Å²) < 4.78 is 10.1. The van der Waals surface area contributed by atoms with Gasteiger partial charge in [0.2, 0.25) is 5.91 Å². The molecule has 1 fully saturated rings. The molecule has 1 unspecified atom stereocenters. The predicted octanol–water partition coefficient (Wildman–Crippen LogP) is 1.93. The molecular formula is C18H25N5O3. The minimum atomic E-state index is 0.151. The standard InChI is InChI=1S/C18H25N5O3/c1-19-18-15(20-7-8-21-18)10-13-4-3-9-23(12-13)17(24)6-5-14-11-16(25-2)22-26-14/h7-8,11,13H,3-6,9-10,12H2,1-2H3,(H,19,21). The van der Waals surface area contributed by atoms with E-state index in [1.165, 1.54) is 7.11 Å². The van der Waals surface area contributed by atoms with Crippen LogP contribution in [-0.4, -0.2) is 53.2 Å². The van der Waals surface area contributed by atoms with Gasteiger partial charge in [0, 0.05) is 51.4 Å². The number of carbonyl (C=O) groups is 1. The highest BCUT2D eigenvalue weighted by molar-refractivity contribution is 5.76. The number of aromatic nitrogens is 3. The number of hydrogen-bond donors (Lipinski definition) is 1. The Morgan fingerprint density at radius 2 is 2.27 bits per heavy atom. The maximum Gasteiger partial charge on any atom is 0.254 e. The number of likely N-dealkylation sites (tertiary alicyclic amines) is 1. The fourth-order valence-corrected chi connectivity index (χ4v) is 3.35. The first-order valence-corrected chi connectivity index (χ1v) is 8.94. The smallest absolute Gasteiger partial charge is 0.254 e. The predicted molar refractivity (Wildman–Crippen MR) is 96.0 cm³/mol. The summed E-state index contributed by atoms with van der Waals surface area (Å²) in [6, 6.07) is 1.72. The number of nitrogens with one attached hydrogen (secondary N) is 1. The van der Waals surface area contributed by atoms with Crippen molar-refractivity contribution in [2.45, 2.75) is 32.1 Å². The lowest BCUT2D eigenvalue weighted by Crippen LogP contribution is -2.40. The molecule has 0 spiro atoms. The Bertz CT molecular complexity index is 733. The van der Waals surface area contributed by atoms with Crippen molar-refractivity contribution in [2.24, 2.45) is 5.92 Å². The van der Waals surface area contributed by atoms with Crippen LogP contribution in [0, 0.1) is 5.92 Å². The highest BCUT2D eigenvalue weighted by Gasteiger charge is 2.25. The van der Waals surface area contributed by atoms with Gasteiger partial charge in [0.1, 0.15) is 11.6 Å². The van der Waals surface area contributed by atoms with Crippen LogP contribution in [0.25, 0.3) is 0 Å². The molecule has 8 heteroatoms. The summed E-state index contributed by atoms with van der Waals surface area (Å²) in [5.41, 5.74) is 0.961. The summed E-state index contributed by atoms with van der Waals surface area (Å²) >= 11 is 0. The number of carbonyl (C=O) groups excluding carboxylic acids is 1. The highest BCUT2D eigenvalue weighted by atomic mass is 16.5. The largest absolute Gasteiger partial charge is 0.479 e. The van der Waals surface area contributed by atoms with Crippen LogP contribution in [-0.2, 0) is 17.6 Å². The Morgan fingerprint density at radius 1 is 1.42 bits per heavy atom. The zero-order chi connectivity index (χ0) is 18.4. The summed E-state index contributed by atoms with van der Waals surface area (Å²) in [5, 5.41) is 6.84. The van der Waals surface area contributed by atoms with Gasteiger partial charge in [0.15, 0.2) is 0 Å². The zero-order valence-corrected chi connectivity index (χ0v) is 15.3. The second-order valence-electron chi connectivity index (χ2n) is 6.49. The van der Waals surface area contributed by atoms with Gasteiger partial charge in [-0.1, -0.05) is 0 Å². The van der Waals surface area contributed by atoms with Gasteiger partial charge in [-0.05, 0) is 30.3 Å². The maximum atomic E-state index is 12.6. The van der Waals surface area contributed by atoms with Gasteiger partial charge in [-0.25, -0.2) is 4.98 Å².